The molecule has 156 valence electrons. The molecule has 0 radical (unpaired) electrons. The van der Waals surface area contributed by atoms with Crippen LogP contribution in [0.2, 0.25) is 0 Å². The maximum atomic E-state index is 12.6. The van der Waals surface area contributed by atoms with Gasteiger partial charge in [0.25, 0.3) is 0 Å². The van der Waals surface area contributed by atoms with Crippen molar-refractivity contribution in [3.63, 3.8) is 0 Å². The van der Waals surface area contributed by atoms with E-state index in [1.165, 1.54) is 0 Å². The van der Waals surface area contributed by atoms with E-state index in [-0.39, 0.29) is 17.9 Å². The third-order valence-corrected chi connectivity index (χ3v) is 4.78. The summed E-state index contributed by atoms with van der Waals surface area (Å²) in [7, 11) is 0. The van der Waals surface area contributed by atoms with Gasteiger partial charge in [0.05, 0.1) is 13.2 Å². The van der Waals surface area contributed by atoms with E-state index < -0.39 is 5.41 Å². The van der Waals surface area contributed by atoms with Crippen LogP contribution in [-0.2, 0) is 16.0 Å². The Labute approximate surface area is 168 Å². The van der Waals surface area contributed by atoms with Crippen molar-refractivity contribution in [1.29, 1.82) is 0 Å². The number of likely N-dealkylation sites (tertiary alicyclic amines) is 1. The maximum Gasteiger partial charge on any atom is 0.242 e. The van der Waals surface area contributed by atoms with Crippen LogP contribution in [0.3, 0.4) is 0 Å². The second-order valence-electron chi connectivity index (χ2n) is 8.09. The summed E-state index contributed by atoms with van der Waals surface area (Å²) in [5, 5.41) is 3.00. The molecular formula is C22H34N2O4. The zero-order valence-electron chi connectivity index (χ0n) is 17.8. The Kier molecular flexibility index (Phi) is 7.72. The van der Waals surface area contributed by atoms with Crippen molar-refractivity contribution in [1.82, 2.24) is 10.2 Å². The predicted octanol–water partition coefficient (Wildman–Crippen LogP) is 3.18. The molecule has 1 aliphatic rings. The third kappa shape index (κ3) is 5.63. The predicted molar refractivity (Wildman–Crippen MR) is 110 cm³/mol. The van der Waals surface area contributed by atoms with Gasteiger partial charge < -0.3 is 19.7 Å². The fourth-order valence-corrected chi connectivity index (χ4v) is 3.41. The van der Waals surface area contributed by atoms with Crippen LogP contribution in [0, 0.1) is 5.41 Å². The highest BCUT2D eigenvalue weighted by molar-refractivity contribution is 5.90. The molecule has 1 aromatic carbocycles. The molecule has 1 saturated heterocycles. The average molecular weight is 391 g/mol. The highest BCUT2D eigenvalue weighted by atomic mass is 16.5. The molecule has 0 saturated carbocycles. The molecule has 6 heteroatoms. The van der Waals surface area contributed by atoms with E-state index >= 15 is 0 Å². The van der Waals surface area contributed by atoms with Gasteiger partial charge in [-0.05, 0) is 50.8 Å². The molecule has 0 spiro atoms. The van der Waals surface area contributed by atoms with Crippen LogP contribution in [-0.4, -0.2) is 49.1 Å². The average Bonchev–Trinajstić information content (AvgIpc) is 3.12. The Balaban J connectivity index is 1.93. The van der Waals surface area contributed by atoms with Crippen molar-refractivity contribution in [2.45, 2.75) is 59.9 Å². The minimum Gasteiger partial charge on any atom is -0.490 e. The lowest BCUT2D eigenvalue weighted by atomic mass is 9.94. The highest BCUT2D eigenvalue weighted by Crippen LogP contribution is 2.29. The molecule has 1 N–H and O–H groups in total. The van der Waals surface area contributed by atoms with Crippen LogP contribution in [0.5, 0.6) is 11.5 Å². The van der Waals surface area contributed by atoms with Gasteiger partial charge in [-0.3, -0.25) is 9.59 Å². The summed E-state index contributed by atoms with van der Waals surface area (Å²) in [4.78, 5) is 27.0. The van der Waals surface area contributed by atoms with Crippen molar-refractivity contribution < 1.29 is 19.1 Å². The van der Waals surface area contributed by atoms with Gasteiger partial charge in [0.2, 0.25) is 11.8 Å². The van der Waals surface area contributed by atoms with Gasteiger partial charge >= 0.3 is 0 Å². The molecular weight excluding hydrogens is 356 g/mol. The number of rotatable bonds is 8. The molecule has 1 unspecified atom stereocenters. The van der Waals surface area contributed by atoms with Crippen molar-refractivity contribution >= 4 is 11.8 Å². The summed E-state index contributed by atoms with van der Waals surface area (Å²) in [5.41, 5.74) is 0.599. The lowest BCUT2D eigenvalue weighted by Gasteiger charge is -2.30. The molecule has 1 atom stereocenters. The number of nitrogens with zero attached hydrogens (tertiary/aromatic N) is 1. The molecule has 1 heterocycles. The van der Waals surface area contributed by atoms with Gasteiger partial charge in [-0.15, -0.1) is 0 Å². The van der Waals surface area contributed by atoms with E-state index in [4.69, 9.17) is 9.47 Å². The first kappa shape index (κ1) is 22.1. The summed E-state index contributed by atoms with van der Waals surface area (Å²) < 4.78 is 11.2. The van der Waals surface area contributed by atoms with Crippen molar-refractivity contribution in [3.05, 3.63) is 23.8 Å². The van der Waals surface area contributed by atoms with Gasteiger partial charge in [-0.2, -0.15) is 0 Å². The van der Waals surface area contributed by atoms with Crippen LogP contribution in [0.25, 0.3) is 0 Å². The van der Waals surface area contributed by atoms with E-state index in [0.29, 0.717) is 32.7 Å². The first-order chi connectivity index (χ1) is 13.3. The van der Waals surface area contributed by atoms with E-state index in [1.807, 2.05) is 52.8 Å². The van der Waals surface area contributed by atoms with Gasteiger partial charge in [-0.1, -0.05) is 26.8 Å². The summed E-state index contributed by atoms with van der Waals surface area (Å²) in [5.74, 6) is 1.44. The molecule has 28 heavy (non-hydrogen) atoms. The number of ether oxygens (including phenoxy) is 2. The van der Waals surface area contributed by atoms with Crippen LogP contribution in [0.4, 0.5) is 0 Å². The molecule has 0 aromatic heterocycles. The number of amides is 2. The number of hydrogen-bond acceptors (Lipinski definition) is 4. The molecule has 1 aromatic rings. The van der Waals surface area contributed by atoms with Crippen molar-refractivity contribution in [2.24, 2.45) is 5.41 Å². The molecule has 1 fully saturated rings. The first-order valence-electron chi connectivity index (χ1n) is 10.2. The van der Waals surface area contributed by atoms with Crippen LogP contribution >= 0.6 is 0 Å². The van der Waals surface area contributed by atoms with Crippen LogP contribution in [0.1, 0.15) is 53.0 Å². The molecule has 0 bridgehead atoms. The van der Waals surface area contributed by atoms with E-state index in [1.54, 1.807) is 4.90 Å². The second-order valence-corrected chi connectivity index (χ2v) is 8.09. The summed E-state index contributed by atoms with van der Waals surface area (Å²) in [6, 6.07) is 5.51. The summed E-state index contributed by atoms with van der Waals surface area (Å²) >= 11 is 0. The minimum absolute atomic E-state index is 0.0398. The minimum atomic E-state index is -0.471. The van der Waals surface area contributed by atoms with Crippen molar-refractivity contribution in [3.8, 4) is 11.5 Å². The van der Waals surface area contributed by atoms with Gasteiger partial charge in [-0.25, -0.2) is 0 Å². The Hall–Kier alpha value is -2.24. The Bertz CT molecular complexity index is 682. The topological polar surface area (TPSA) is 67.9 Å². The zero-order chi connectivity index (χ0) is 20.7. The van der Waals surface area contributed by atoms with E-state index in [2.05, 4.69) is 5.32 Å². The largest absolute Gasteiger partial charge is 0.490 e. The molecule has 1 aliphatic heterocycles. The number of carbonyl (C=O) groups is 2. The Morgan fingerprint density at radius 3 is 2.46 bits per heavy atom. The Morgan fingerprint density at radius 2 is 1.82 bits per heavy atom. The van der Waals surface area contributed by atoms with Crippen LogP contribution < -0.4 is 14.8 Å². The van der Waals surface area contributed by atoms with E-state index in [0.717, 1.165) is 29.9 Å². The van der Waals surface area contributed by atoms with Gasteiger partial charge in [0.15, 0.2) is 11.5 Å². The highest BCUT2D eigenvalue weighted by Gasteiger charge is 2.38. The monoisotopic (exact) mass is 390 g/mol. The van der Waals surface area contributed by atoms with Crippen LogP contribution in [0.15, 0.2) is 18.2 Å². The quantitative estimate of drug-likeness (QED) is 0.740. The Morgan fingerprint density at radius 1 is 1.14 bits per heavy atom. The number of hydrogen-bond donors (Lipinski definition) is 1. The number of carbonyl (C=O) groups excluding carboxylic acids is 2. The molecule has 2 rings (SSSR count). The fraction of sp³-hybridized carbons (Fsp3) is 0.636. The lowest BCUT2D eigenvalue weighted by Crippen LogP contribution is -2.49. The van der Waals surface area contributed by atoms with Gasteiger partial charge in [0, 0.05) is 18.5 Å². The van der Waals surface area contributed by atoms with E-state index in [9.17, 15) is 9.59 Å². The second kappa shape index (κ2) is 9.80. The fourth-order valence-electron chi connectivity index (χ4n) is 3.41. The SMILES string of the molecule is CCOc1ccc(CCNC(=O)C2CCCN2C(=O)C(C)(C)C)cc1OCC. The molecule has 6 nitrogen and oxygen atoms in total. The number of nitrogens with one attached hydrogen (secondary N) is 1. The molecule has 2 amide bonds. The number of benzene rings is 1. The van der Waals surface area contributed by atoms with Gasteiger partial charge in [0.1, 0.15) is 6.04 Å². The first-order valence-corrected chi connectivity index (χ1v) is 10.2. The lowest BCUT2D eigenvalue weighted by molar-refractivity contribution is -0.144. The summed E-state index contributed by atoms with van der Waals surface area (Å²) in [6.07, 6.45) is 2.29. The standard InChI is InChI=1S/C22H34N2O4/c1-6-27-18-11-10-16(15-19(18)28-7-2)12-13-23-20(25)17-9-8-14-24(17)21(26)22(3,4)5/h10-11,15,17H,6-9,12-14H2,1-5H3,(H,23,25). The molecule has 0 aliphatic carbocycles. The smallest absolute Gasteiger partial charge is 0.242 e. The zero-order valence-corrected chi connectivity index (χ0v) is 17.8. The summed E-state index contributed by atoms with van der Waals surface area (Å²) in [6.45, 7) is 11.9. The maximum absolute atomic E-state index is 12.6. The van der Waals surface area contributed by atoms with Crippen molar-refractivity contribution in [2.75, 3.05) is 26.3 Å². The third-order valence-electron chi connectivity index (χ3n) is 4.78. The normalized spacial score (nSPS) is 16.8.